The number of hydrogen-bond acceptors (Lipinski definition) is 3. The maximum Gasteiger partial charge on any atom is 0.0511 e. The summed E-state index contributed by atoms with van der Waals surface area (Å²) < 4.78 is 1.11. The molecular formula is C12H17BrN2S. The molecule has 16 heavy (non-hydrogen) atoms. The molecule has 0 unspecified atom stereocenters. The largest absolute Gasteiger partial charge is 0.378 e. The Kier molecular flexibility index (Phi) is 4.16. The Hall–Kier alpha value is -0.190. The number of rotatable bonds is 3. The zero-order valence-corrected chi connectivity index (χ0v) is 11.6. The van der Waals surface area contributed by atoms with Gasteiger partial charge in [0, 0.05) is 16.7 Å². The molecule has 1 fully saturated rings. The van der Waals surface area contributed by atoms with E-state index in [2.05, 4.69) is 45.5 Å². The molecule has 1 aliphatic heterocycles. The van der Waals surface area contributed by atoms with E-state index in [4.69, 9.17) is 5.73 Å². The highest BCUT2D eigenvalue weighted by atomic mass is 79.9. The van der Waals surface area contributed by atoms with Gasteiger partial charge >= 0.3 is 0 Å². The van der Waals surface area contributed by atoms with Gasteiger partial charge in [-0.05, 0) is 48.6 Å². The third-order valence-electron chi connectivity index (χ3n) is 3.09. The van der Waals surface area contributed by atoms with Gasteiger partial charge in [0.05, 0.1) is 5.54 Å². The average Bonchev–Trinajstić information content (AvgIpc) is 2.33. The van der Waals surface area contributed by atoms with Gasteiger partial charge in [-0.15, -0.1) is 0 Å². The van der Waals surface area contributed by atoms with Crippen LogP contribution >= 0.6 is 27.7 Å². The minimum atomic E-state index is 0.110. The van der Waals surface area contributed by atoms with Crippen molar-refractivity contribution in [3.05, 3.63) is 28.7 Å². The van der Waals surface area contributed by atoms with Crippen LogP contribution in [-0.4, -0.2) is 23.6 Å². The van der Waals surface area contributed by atoms with Crippen molar-refractivity contribution in [2.45, 2.75) is 18.4 Å². The molecule has 3 N–H and O–H groups in total. The average molecular weight is 301 g/mol. The first-order valence-corrected chi connectivity index (χ1v) is 7.50. The number of hydrogen-bond donors (Lipinski definition) is 2. The third-order valence-corrected chi connectivity index (χ3v) is 4.61. The van der Waals surface area contributed by atoms with Crippen molar-refractivity contribution in [2.24, 2.45) is 5.73 Å². The fourth-order valence-corrected chi connectivity index (χ4v) is 3.52. The monoisotopic (exact) mass is 300 g/mol. The lowest BCUT2D eigenvalue weighted by Crippen LogP contribution is -2.48. The molecule has 1 aliphatic rings. The molecule has 1 aromatic carbocycles. The summed E-state index contributed by atoms with van der Waals surface area (Å²) in [4.78, 5) is 0. The number of anilines is 1. The Morgan fingerprint density at radius 2 is 1.88 bits per heavy atom. The van der Waals surface area contributed by atoms with E-state index in [1.807, 2.05) is 11.8 Å². The molecule has 0 bridgehead atoms. The highest BCUT2D eigenvalue weighted by Gasteiger charge is 2.30. The quantitative estimate of drug-likeness (QED) is 0.901. The van der Waals surface area contributed by atoms with Gasteiger partial charge in [0.15, 0.2) is 0 Å². The topological polar surface area (TPSA) is 38.0 Å². The van der Waals surface area contributed by atoms with E-state index in [0.717, 1.165) is 17.3 Å². The van der Waals surface area contributed by atoms with Crippen molar-refractivity contribution >= 4 is 33.4 Å². The summed E-state index contributed by atoms with van der Waals surface area (Å²) in [6.07, 6.45) is 2.31. The molecule has 4 heteroatoms. The zero-order valence-electron chi connectivity index (χ0n) is 9.21. The molecule has 1 saturated heterocycles. The van der Waals surface area contributed by atoms with E-state index < -0.39 is 0 Å². The summed E-state index contributed by atoms with van der Waals surface area (Å²) in [6, 6.07) is 8.32. The normalized spacial score (nSPS) is 19.4. The predicted molar refractivity (Wildman–Crippen MR) is 76.1 cm³/mol. The summed E-state index contributed by atoms with van der Waals surface area (Å²) in [6.45, 7) is 0.712. The Labute approximate surface area is 109 Å². The van der Waals surface area contributed by atoms with Crippen LogP contribution in [0.5, 0.6) is 0 Å². The summed E-state index contributed by atoms with van der Waals surface area (Å²) in [7, 11) is 0. The van der Waals surface area contributed by atoms with Gasteiger partial charge in [-0.1, -0.05) is 15.9 Å². The Bertz CT molecular complexity index is 333. The molecule has 0 aromatic heterocycles. The maximum atomic E-state index is 5.93. The number of thioether (sulfide) groups is 1. The first-order valence-electron chi connectivity index (χ1n) is 5.56. The van der Waals surface area contributed by atoms with Crippen LogP contribution in [0.3, 0.4) is 0 Å². The first kappa shape index (κ1) is 12.3. The molecule has 0 spiro atoms. The number of nitrogens with one attached hydrogen (secondary N) is 1. The summed E-state index contributed by atoms with van der Waals surface area (Å²) in [5.74, 6) is 2.42. The Morgan fingerprint density at radius 1 is 1.25 bits per heavy atom. The highest BCUT2D eigenvalue weighted by Crippen LogP contribution is 2.30. The minimum absolute atomic E-state index is 0.110. The zero-order chi connectivity index (χ0) is 11.4. The second-order valence-corrected chi connectivity index (χ2v) is 6.37. The standard InChI is InChI=1S/C12H17BrN2S/c13-10-1-3-11(4-2-10)15-12(9-14)5-7-16-8-6-12/h1-4,15H,5-9,14H2. The van der Waals surface area contributed by atoms with Gasteiger partial charge in [-0.2, -0.15) is 11.8 Å². The van der Waals surface area contributed by atoms with Crippen LogP contribution < -0.4 is 11.1 Å². The molecule has 2 rings (SSSR count). The number of halogens is 1. The van der Waals surface area contributed by atoms with Gasteiger partial charge in [0.1, 0.15) is 0 Å². The van der Waals surface area contributed by atoms with E-state index >= 15 is 0 Å². The molecule has 1 aromatic rings. The summed E-state index contributed by atoms with van der Waals surface area (Å²) in [5, 5.41) is 3.61. The molecular weight excluding hydrogens is 284 g/mol. The van der Waals surface area contributed by atoms with E-state index in [1.54, 1.807) is 0 Å². The van der Waals surface area contributed by atoms with E-state index in [-0.39, 0.29) is 5.54 Å². The second-order valence-electron chi connectivity index (χ2n) is 4.23. The smallest absolute Gasteiger partial charge is 0.0511 e. The number of nitrogens with two attached hydrogens (primary N) is 1. The van der Waals surface area contributed by atoms with Gasteiger partial charge in [-0.25, -0.2) is 0 Å². The minimum Gasteiger partial charge on any atom is -0.378 e. The maximum absolute atomic E-state index is 5.93. The van der Waals surface area contributed by atoms with Crippen molar-refractivity contribution in [1.82, 2.24) is 0 Å². The van der Waals surface area contributed by atoms with Gasteiger partial charge < -0.3 is 11.1 Å². The predicted octanol–water partition coefficient (Wildman–Crippen LogP) is 3.09. The van der Waals surface area contributed by atoms with Crippen LogP contribution in [0.2, 0.25) is 0 Å². The second kappa shape index (κ2) is 5.43. The number of benzene rings is 1. The van der Waals surface area contributed by atoms with Crippen LogP contribution in [0.4, 0.5) is 5.69 Å². The Morgan fingerprint density at radius 3 is 2.44 bits per heavy atom. The molecule has 2 nitrogen and oxygen atoms in total. The molecule has 0 amide bonds. The van der Waals surface area contributed by atoms with E-state index in [0.29, 0.717) is 6.54 Å². The molecule has 88 valence electrons. The lowest BCUT2D eigenvalue weighted by molar-refractivity contribution is 0.443. The van der Waals surface area contributed by atoms with E-state index in [1.165, 1.54) is 17.2 Å². The van der Waals surface area contributed by atoms with Gasteiger partial charge in [0.25, 0.3) is 0 Å². The van der Waals surface area contributed by atoms with Crippen LogP contribution in [0.25, 0.3) is 0 Å². The van der Waals surface area contributed by atoms with Gasteiger partial charge in [0.2, 0.25) is 0 Å². The Balaban J connectivity index is 2.08. The molecule has 0 aliphatic carbocycles. The molecule has 0 atom stereocenters. The van der Waals surface area contributed by atoms with Crippen molar-refractivity contribution in [1.29, 1.82) is 0 Å². The van der Waals surface area contributed by atoms with Crippen molar-refractivity contribution in [3.63, 3.8) is 0 Å². The fourth-order valence-electron chi connectivity index (χ4n) is 1.98. The van der Waals surface area contributed by atoms with Crippen molar-refractivity contribution in [2.75, 3.05) is 23.4 Å². The fraction of sp³-hybridized carbons (Fsp3) is 0.500. The molecule has 0 saturated carbocycles. The first-order chi connectivity index (χ1) is 7.74. The lowest BCUT2D eigenvalue weighted by Gasteiger charge is -2.37. The van der Waals surface area contributed by atoms with Crippen LogP contribution in [0.1, 0.15) is 12.8 Å². The van der Waals surface area contributed by atoms with Crippen molar-refractivity contribution < 1.29 is 0 Å². The lowest BCUT2D eigenvalue weighted by atomic mass is 9.92. The third kappa shape index (κ3) is 2.93. The van der Waals surface area contributed by atoms with Crippen LogP contribution in [0.15, 0.2) is 28.7 Å². The summed E-state index contributed by atoms with van der Waals surface area (Å²) >= 11 is 5.47. The SMILES string of the molecule is NCC1(Nc2ccc(Br)cc2)CCSCC1. The molecule has 1 heterocycles. The van der Waals surface area contributed by atoms with Gasteiger partial charge in [-0.3, -0.25) is 0 Å². The van der Waals surface area contributed by atoms with Crippen LogP contribution in [-0.2, 0) is 0 Å². The summed E-state index contributed by atoms with van der Waals surface area (Å²) in [5.41, 5.74) is 7.21. The van der Waals surface area contributed by atoms with E-state index in [9.17, 15) is 0 Å². The molecule has 0 radical (unpaired) electrons. The van der Waals surface area contributed by atoms with Crippen LogP contribution in [0, 0.1) is 0 Å². The highest BCUT2D eigenvalue weighted by molar-refractivity contribution is 9.10. The van der Waals surface area contributed by atoms with Crippen molar-refractivity contribution in [3.8, 4) is 0 Å².